The van der Waals surface area contributed by atoms with Crippen molar-refractivity contribution in [3.8, 4) is 11.5 Å². The summed E-state index contributed by atoms with van der Waals surface area (Å²) < 4.78 is 11.1. The first-order chi connectivity index (χ1) is 14.3. The number of hydrogen-bond acceptors (Lipinski definition) is 5. The summed E-state index contributed by atoms with van der Waals surface area (Å²) >= 11 is 12.2. The van der Waals surface area contributed by atoms with E-state index in [9.17, 15) is 9.59 Å². The molecule has 9 heteroatoms. The van der Waals surface area contributed by atoms with Gasteiger partial charge in [-0.3, -0.25) is 9.59 Å². The normalized spacial score (nSPS) is 11.8. The first-order valence-electron chi connectivity index (χ1n) is 9.22. The monoisotopic (exact) mass is 451 g/mol. The quantitative estimate of drug-likeness (QED) is 0.361. The Morgan fingerprint density at radius 2 is 1.87 bits per heavy atom. The van der Waals surface area contributed by atoms with Crippen molar-refractivity contribution in [2.75, 3.05) is 7.11 Å². The number of nitrogens with zero attached hydrogens (tertiary/aromatic N) is 1. The summed E-state index contributed by atoms with van der Waals surface area (Å²) in [5.74, 6) is -0.822. The molecule has 2 aromatic carbocycles. The molecule has 0 aromatic heterocycles. The number of nitrogens with one attached hydrogen (secondary N) is 2. The number of hydrogen-bond donors (Lipinski definition) is 2. The lowest BCUT2D eigenvalue weighted by molar-refractivity contribution is -0.139. The number of methoxy groups -OCH3 is 1. The third-order valence-electron chi connectivity index (χ3n) is 4.12. The van der Waals surface area contributed by atoms with Crippen molar-refractivity contribution in [2.24, 2.45) is 5.10 Å². The first kappa shape index (κ1) is 23.5. The van der Waals surface area contributed by atoms with Crippen molar-refractivity contribution in [2.45, 2.75) is 32.9 Å². The highest BCUT2D eigenvalue weighted by Gasteiger charge is 2.15. The number of amides is 2. The zero-order valence-electron chi connectivity index (χ0n) is 16.9. The molecular formula is C21H23Cl2N3O4. The van der Waals surface area contributed by atoms with Crippen LogP contribution in [-0.4, -0.2) is 31.2 Å². The van der Waals surface area contributed by atoms with E-state index >= 15 is 0 Å². The number of benzene rings is 2. The van der Waals surface area contributed by atoms with Crippen LogP contribution in [0.2, 0.25) is 10.0 Å². The summed E-state index contributed by atoms with van der Waals surface area (Å²) in [6.07, 6.45) is 2.07. The molecule has 2 aromatic rings. The van der Waals surface area contributed by atoms with Crippen molar-refractivity contribution >= 4 is 41.2 Å². The number of hydrazone groups is 1. The van der Waals surface area contributed by atoms with Gasteiger partial charge >= 0.3 is 11.8 Å². The van der Waals surface area contributed by atoms with Gasteiger partial charge in [-0.2, -0.15) is 5.10 Å². The zero-order valence-corrected chi connectivity index (χ0v) is 18.4. The highest BCUT2D eigenvalue weighted by atomic mass is 35.5. The Balaban J connectivity index is 2.03. The molecule has 0 radical (unpaired) electrons. The van der Waals surface area contributed by atoms with Gasteiger partial charge in [0.2, 0.25) is 0 Å². The predicted molar refractivity (Wildman–Crippen MR) is 117 cm³/mol. The Bertz CT molecular complexity index is 917. The fourth-order valence-corrected chi connectivity index (χ4v) is 2.70. The van der Waals surface area contributed by atoms with Gasteiger partial charge in [0, 0.05) is 11.1 Å². The molecule has 0 heterocycles. The third-order valence-corrected chi connectivity index (χ3v) is 4.66. The average molecular weight is 452 g/mol. The molecule has 0 aliphatic carbocycles. The second-order valence-corrected chi connectivity index (χ2v) is 7.27. The summed E-state index contributed by atoms with van der Waals surface area (Å²) in [6, 6.07) is 10.4. The van der Waals surface area contributed by atoms with E-state index < -0.39 is 11.8 Å². The summed E-state index contributed by atoms with van der Waals surface area (Å²) in [4.78, 5) is 23.5. The summed E-state index contributed by atoms with van der Waals surface area (Å²) in [6.45, 7) is 3.99. The van der Waals surface area contributed by atoms with E-state index in [2.05, 4.69) is 15.8 Å². The second-order valence-electron chi connectivity index (χ2n) is 6.43. The summed E-state index contributed by atoms with van der Waals surface area (Å²) in [7, 11) is 1.49. The maximum Gasteiger partial charge on any atom is 0.329 e. The summed E-state index contributed by atoms with van der Waals surface area (Å²) in [5.41, 5.74) is 3.65. The van der Waals surface area contributed by atoms with Crippen molar-refractivity contribution in [3.05, 3.63) is 57.6 Å². The fourth-order valence-electron chi connectivity index (χ4n) is 2.30. The minimum atomic E-state index is -0.854. The van der Waals surface area contributed by atoms with E-state index in [0.29, 0.717) is 33.5 Å². The van der Waals surface area contributed by atoms with Gasteiger partial charge in [0.25, 0.3) is 0 Å². The number of ether oxygens (including phenoxy) is 2. The Morgan fingerprint density at radius 3 is 2.50 bits per heavy atom. The van der Waals surface area contributed by atoms with E-state index in [0.717, 1.165) is 5.56 Å². The average Bonchev–Trinajstić information content (AvgIpc) is 2.73. The lowest BCUT2D eigenvalue weighted by Crippen LogP contribution is -2.41. The third kappa shape index (κ3) is 6.93. The van der Waals surface area contributed by atoms with Gasteiger partial charge in [-0.1, -0.05) is 42.3 Å². The minimum absolute atomic E-state index is 0.101. The zero-order chi connectivity index (χ0) is 22.1. The van der Waals surface area contributed by atoms with Crippen LogP contribution >= 0.6 is 23.2 Å². The molecule has 0 aliphatic rings. The molecular weight excluding hydrogens is 429 g/mol. The molecule has 0 saturated carbocycles. The molecule has 7 nitrogen and oxygen atoms in total. The van der Waals surface area contributed by atoms with Crippen LogP contribution in [0.25, 0.3) is 0 Å². The molecule has 0 saturated heterocycles. The van der Waals surface area contributed by atoms with E-state index in [1.165, 1.54) is 13.3 Å². The van der Waals surface area contributed by atoms with Crippen molar-refractivity contribution < 1.29 is 19.1 Å². The van der Waals surface area contributed by atoms with Crippen LogP contribution in [0.3, 0.4) is 0 Å². The fraction of sp³-hybridized carbons (Fsp3) is 0.286. The van der Waals surface area contributed by atoms with E-state index in [1.54, 1.807) is 31.2 Å². The standard InChI is InChI=1S/C21H23Cl2N3O4/c1-4-13(2)25-20(27)21(28)26-24-11-15-9-17(23)19(18(10-15)29-3)30-12-14-5-7-16(22)8-6-14/h5-11,13H,4,12H2,1-3H3,(H,25,27)(H,26,28)/b24-11-/t13-/m1/s1. The molecule has 0 fully saturated rings. The molecule has 2 N–H and O–H groups in total. The molecule has 0 unspecified atom stereocenters. The lowest BCUT2D eigenvalue weighted by atomic mass is 10.2. The van der Waals surface area contributed by atoms with Crippen LogP contribution in [0.1, 0.15) is 31.4 Å². The van der Waals surface area contributed by atoms with Gasteiger partial charge in [-0.15, -0.1) is 0 Å². The molecule has 30 heavy (non-hydrogen) atoms. The van der Waals surface area contributed by atoms with Gasteiger partial charge in [-0.25, -0.2) is 5.43 Å². The van der Waals surface area contributed by atoms with Crippen LogP contribution in [0.15, 0.2) is 41.5 Å². The van der Waals surface area contributed by atoms with Crippen LogP contribution in [-0.2, 0) is 16.2 Å². The van der Waals surface area contributed by atoms with Gasteiger partial charge in [0.15, 0.2) is 11.5 Å². The van der Waals surface area contributed by atoms with E-state index in [-0.39, 0.29) is 12.6 Å². The Labute approximate surface area is 185 Å². The lowest BCUT2D eigenvalue weighted by Gasteiger charge is -2.13. The Morgan fingerprint density at radius 1 is 1.17 bits per heavy atom. The van der Waals surface area contributed by atoms with Crippen LogP contribution in [0.5, 0.6) is 11.5 Å². The second kappa shape index (κ2) is 11.4. The summed E-state index contributed by atoms with van der Waals surface area (Å²) in [5, 5.41) is 7.30. The molecule has 0 bridgehead atoms. The number of halogens is 2. The SMILES string of the molecule is CC[C@@H](C)NC(=O)C(=O)N/N=C\c1cc(Cl)c(OCc2ccc(Cl)cc2)c(OC)c1. The van der Waals surface area contributed by atoms with Gasteiger partial charge in [0.05, 0.1) is 18.3 Å². The molecule has 2 amide bonds. The number of carbonyl (C=O) groups excluding carboxylic acids is 2. The highest BCUT2D eigenvalue weighted by molar-refractivity contribution is 6.35. The van der Waals surface area contributed by atoms with Gasteiger partial charge < -0.3 is 14.8 Å². The minimum Gasteiger partial charge on any atom is -0.493 e. The topological polar surface area (TPSA) is 89.0 Å². The molecule has 160 valence electrons. The highest BCUT2D eigenvalue weighted by Crippen LogP contribution is 2.36. The largest absolute Gasteiger partial charge is 0.493 e. The Hall–Kier alpha value is -2.77. The maximum absolute atomic E-state index is 11.8. The van der Waals surface area contributed by atoms with E-state index in [1.807, 2.05) is 19.1 Å². The smallest absolute Gasteiger partial charge is 0.329 e. The van der Waals surface area contributed by atoms with Crippen LogP contribution < -0.4 is 20.2 Å². The number of rotatable bonds is 8. The maximum atomic E-state index is 11.8. The van der Waals surface area contributed by atoms with Crippen LogP contribution in [0, 0.1) is 0 Å². The van der Waals surface area contributed by atoms with Crippen molar-refractivity contribution in [1.29, 1.82) is 0 Å². The number of carbonyl (C=O) groups is 2. The first-order valence-corrected chi connectivity index (χ1v) is 9.98. The van der Waals surface area contributed by atoms with E-state index in [4.69, 9.17) is 32.7 Å². The van der Waals surface area contributed by atoms with Gasteiger partial charge in [0.1, 0.15) is 6.61 Å². The Kier molecular flexibility index (Phi) is 8.95. The molecule has 0 spiro atoms. The van der Waals surface area contributed by atoms with Crippen molar-refractivity contribution in [3.63, 3.8) is 0 Å². The molecule has 2 rings (SSSR count). The predicted octanol–water partition coefficient (Wildman–Crippen LogP) is 3.95. The molecule has 0 aliphatic heterocycles. The van der Waals surface area contributed by atoms with Crippen molar-refractivity contribution in [1.82, 2.24) is 10.7 Å². The molecule has 1 atom stereocenters. The van der Waals surface area contributed by atoms with Crippen LogP contribution in [0.4, 0.5) is 0 Å². The van der Waals surface area contributed by atoms with Gasteiger partial charge in [-0.05, 0) is 48.7 Å².